The van der Waals surface area contributed by atoms with Gasteiger partial charge in [0.2, 0.25) is 11.8 Å². The van der Waals surface area contributed by atoms with Gasteiger partial charge in [-0.2, -0.15) is 0 Å². The van der Waals surface area contributed by atoms with E-state index in [-0.39, 0.29) is 18.4 Å². The largest absolute Gasteiger partial charge is 0.337 e. The summed E-state index contributed by atoms with van der Waals surface area (Å²) >= 11 is 3.44. The second kappa shape index (κ2) is 8.64. The predicted octanol–water partition coefficient (Wildman–Crippen LogP) is 3.85. The molecule has 0 heterocycles. The number of halogens is 1. The minimum absolute atomic E-state index is 0.0264. The average molecular weight is 389 g/mol. The number of nitrogens with zero attached hydrogens (tertiary/aromatic N) is 2. The second-order valence-corrected chi connectivity index (χ2v) is 6.30. The maximum absolute atomic E-state index is 12.7. The van der Waals surface area contributed by atoms with Crippen LogP contribution in [0.3, 0.4) is 0 Å². The number of anilines is 1. The molecule has 0 saturated carbocycles. The highest BCUT2D eigenvalue weighted by atomic mass is 79.9. The lowest BCUT2D eigenvalue weighted by Crippen LogP contribution is -2.42. The number of benzene rings is 2. The van der Waals surface area contributed by atoms with Crippen LogP contribution in [0.2, 0.25) is 0 Å². The molecule has 126 valence electrons. The molecule has 0 aliphatic heterocycles. The van der Waals surface area contributed by atoms with E-state index in [0.29, 0.717) is 18.8 Å². The summed E-state index contributed by atoms with van der Waals surface area (Å²) in [5.74, 6) is -0.238. The number of hydrogen-bond donors (Lipinski definition) is 0. The minimum atomic E-state index is -0.161. The molecule has 0 aliphatic rings. The first-order valence-corrected chi connectivity index (χ1v) is 8.66. The van der Waals surface area contributed by atoms with Crippen molar-refractivity contribution >= 4 is 33.4 Å². The van der Waals surface area contributed by atoms with E-state index in [1.54, 1.807) is 4.90 Å². The fourth-order valence-electron chi connectivity index (χ4n) is 2.45. The van der Waals surface area contributed by atoms with Gasteiger partial charge in [0.25, 0.3) is 0 Å². The van der Waals surface area contributed by atoms with Gasteiger partial charge in [-0.1, -0.05) is 42.5 Å². The highest BCUT2D eigenvalue weighted by Crippen LogP contribution is 2.26. The van der Waals surface area contributed by atoms with Crippen LogP contribution < -0.4 is 4.90 Å². The van der Waals surface area contributed by atoms with Crippen molar-refractivity contribution in [3.8, 4) is 0 Å². The Hall–Kier alpha value is -2.14. The van der Waals surface area contributed by atoms with E-state index in [2.05, 4.69) is 15.9 Å². The quantitative estimate of drug-likeness (QED) is 0.753. The lowest BCUT2D eigenvalue weighted by Gasteiger charge is -2.27. The van der Waals surface area contributed by atoms with Gasteiger partial charge in [0.15, 0.2) is 0 Å². The number of likely N-dealkylation sites (N-methyl/N-ethyl adjacent to an activating group) is 1. The van der Waals surface area contributed by atoms with Gasteiger partial charge in [0.05, 0.1) is 5.69 Å². The minimum Gasteiger partial charge on any atom is -0.337 e. The summed E-state index contributed by atoms with van der Waals surface area (Å²) < 4.78 is 0.791. The molecule has 0 unspecified atom stereocenters. The summed E-state index contributed by atoms with van der Waals surface area (Å²) in [4.78, 5) is 28.0. The summed E-state index contributed by atoms with van der Waals surface area (Å²) in [6.07, 6.45) is 0. The molecular weight excluding hydrogens is 368 g/mol. The number of amides is 2. The zero-order valence-corrected chi connectivity index (χ0v) is 15.5. The van der Waals surface area contributed by atoms with Crippen LogP contribution >= 0.6 is 15.9 Å². The Morgan fingerprint density at radius 3 is 2.21 bits per heavy atom. The van der Waals surface area contributed by atoms with Gasteiger partial charge in [-0.3, -0.25) is 9.59 Å². The topological polar surface area (TPSA) is 40.6 Å². The molecule has 0 saturated heterocycles. The third-order valence-corrected chi connectivity index (χ3v) is 4.44. The van der Waals surface area contributed by atoms with Crippen molar-refractivity contribution in [3.63, 3.8) is 0 Å². The highest BCUT2D eigenvalue weighted by Gasteiger charge is 2.21. The third-order valence-electron chi connectivity index (χ3n) is 3.77. The molecule has 0 aromatic heterocycles. The summed E-state index contributed by atoms with van der Waals surface area (Å²) in [5.41, 5.74) is 1.78. The number of carbonyl (C=O) groups excluding carboxylic acids is 2. The van der Waals surface area contributed by atoms with Crippen LogP contribution in [0, 0.1) is 0 Å². The summed E-state index contributed by atoms with van der Waals surface area (Å²) in [7, 11) is 0. The van der Waals surface area contributed by atoms with E-state index in [1.807, 2.05) is 61.5 Å². The fraction of sp³-hybridized carbons (Fsp3) is 0.263. The summed E-state index contributed by atoms with van der Waals surface area (Å²) in [6, 6.07) is 17.3. The Bertz CT molecular complexity index is 704. The van der Waals surface area contributed by atoms with Crippen molar-refractivity contribution < 1.29 is 9.59 Å². The molecule has 0 N–H and O–H groups in total. The van der Waals surface area contributed by atoms with Gasteiger partial charge < -0.3 is 9.80 Å². The Morgan fingerprint density at radius 1 is 1.00 bits per heavy atom. The molecule has 2 aromatic rings. The van der Waals surface area contributed by atoms with Crippen LogP contribution in [0.5, 0.6) is 0 Å². The lowest BCUT2D eigenvalue weighted by atomic mass is 10.2. The predicted molar refractivity (Wildman–Crippen MR) is 99.7 cm³/mol. The number of para-hydroxylation sites is 1. The van der Waals surface area contributed by atoms with E-state index in [4.69, 9.17) is 0 Å². The Kier molecular flexibility index (Phi) is 6.55. The van der Waals surface area contributed by atoms with E-state index < -0.39 is 0 Å². The van der Waals surface area contributed by atoms with Gasteiger partial charge in [-0.25, -0.2) is 0 Å². The lowest BCUT2D eigenvalue weighted by molar-refractivity contribution is -0.131. The molecule has 2 rings (SSSR count). The maximum Gasteiger partial charge on any atom is 0.242 e. The monoisotopic (exact) mass is 388 g/mol. The first kappa shape index (κ1) is 18.2. The smallest absolute Gasteiger partial charge is 0.242 e. The van der Waals surface area contributed by atoms with Gasteiger partial charge in [0.1, 0.15) is 6.54 Å². The van der Waals surface area contributed by atoms with E-state index in [9.17, 15) is 9.59 Å². The molecule has 0 fully saturated rings. The van der Waals surface area contributed by atoms with Gasteiger partial charge >= 0.3 is 0 Å². The van der Waals surface area contributed by atoms with Crippen LogP contribution in [0.4, 0.5) is 5.69 Å². The van der Waals surface area contributed by atoms with Crippen LogP contribution in [-0.2, 0) is 16.1 Å². The molecule has 4 nitrogen and oxygen atoms in total. The van der Waals surface area contributed by atoms with Crippen molar-refractivity contribution in [2.24, 2.45) is 0 Å². The molecular formula is C19H21BrN2O2. The zero-order valence-electron chi connectivity index (χ0n) is 13.9. The molecule has 0 bridgehead atoms. The Morgan fingerprint density at radius 2 is 1.62 bits per heavy atom. The number of rotatable bonds is 6. The first-order chi connectivity index (χ1) is 11.5. The molecule has 0 radical (unpaired) electrons. The fourth-order valence-corrected chi connectivity index (χ4v) is 2.95. The molecule has 0 spiro atoms. The zero-order chi connectivity index (χ0) is 17.5. The molecule has 0 atom stereocenters. The Labute approximate surface area is 151 Å². The molecule has 0 aliphatic carbocycles. The van der Waals surface area contributed by atoms with Crippen molar-refractivity contribution in [2.45, 2.75) is 20.4 Å². The molecule has 24 heavy (non-hydrogen) atoms. The van der Waals surface area contributed by atoms with E-state index in [0.717, 1.165) is 10.0 Å². The standard InChI is InChI=1S/C19H21BrN2O2/c1-3-21(13-16-9-5-4-6-10-16)19(24)14-22(15(2)23)18-12-8-7-11-17(18)20/h4-12H,3,13-14H2,1-2H3. The second-order valence-electron chi connectivity index (χ2n) is 5.45. The van der Waals surface area contributed by atoms with Crippen LogP contribution in [-0.4, -0.2) is 29.8 Å². The van der Waals surface area contributed by atoms with Crippen molar-refractivity contribution in [2.75, 3.05) is 18.0 Å². The third kappa shape index (κ3) is 4.68. The van der Waals surface area contributed by atoms with E-state index >= 15 is 0 Å². The highest BCUT2D eigenvalue weighted by molar-refractivity contribution is 9.10. The maximum atomic E-state index is 12.7. The SMILES string of the molecule is CCN(Cc1ccccc1)C(=O)CN(C(C)=O)c1ccccc1Br. The van der Waals surface area contributed by atoms with Crippen molar-refractivity contribution in [1.82, 2.24) is 4.90 Å². The van der Waals surface area contributed by atoms with Crippen molar-refractivity contribution in [1.29, 1.82) is 0 Å². The van der Waals surface area contributed by atoms with E-state index in [1.165, 1.54) is 11.8 Å². The van der Waals surface area contributed by atoms with Crippen LogP contribution in [0.1, 0.15) is 19.4 Å². The number of carbonyl (C=O) groups is 2. The summed E-state index contributed by atoms with van der Waals surface area (Å²) in [6.45, 7) is 4.57. The van der Waals surface area contributed by atoms with Crippen molar-refractivity contribution in [3.05, 3.63) is 64.6 Å². The molecule has 2 amide bonds. The van der Waals surface area contributed by atoms with Gasteiger partial charge in [-0.15, -0.1) is 0 Å². The number of hydrogen-bond acceptors (Lipinski definition) is 2. The van der Waals surface area contributed by atoms with Gasteiger partial charge in [-0.05, 0) is 40.5 Å². The normalized spacial score (nSPS) is 10.3. The summed E-state index contributed by atoms with van der Waals surface area (Å²) in [5, 5.41) is 0. The first-order valence-electron chi connectivity index (χ1n) is 7.87. The Balaban J connectivity index is 2.14. The molecule has 5 heteroatoms. The van der Waals surface area contributed by atoms with Gasteiger partial charge in [0, 0.05) is 24.5 Å². The van der Waals surface area contributed by atoms with Crippen LogP contribution in [0.15, 0.2) is 59.1 Å². The van der Waals surface area contributed by atoms with Crippen LogP contribution in [0.25, 0.3) is 0 Å². The average Bonchev–Trinajstić information content (AvgIpc) is 2.59. The molecule has 2 aromatic carbocycles.